The van der Waals surface area contributed by atoms with Crippen molar-refractivity contribution in [2.75, 3.05) is 19.6 Å². The molecular formula is C31H38N6O3. The predicted molar refractivity (Wildman–Crippen MR) is 151 cm³/mol. The van der Waals surface area contributed by atoms with Crippen LogP contribution in [0.15, 0.2) is 60.7 Å². The number of piperidine rings is 1. The molecule has 0 unspecified atom stereocenters. The molecule has 0 spiro atoms. The summed E-state index contributed by atoms with van der Waals surface area (Å²) in [6.07, 6.45) is 4.13. The van der Waals surface area contributed by atoms with Gasteiger partial charge in [0.25, 0.3) is 0 Å². The first kappa shape index (κ1) is 27.6. The van der Waals surface area contributed by atoms with Crippen LogP contribution in [0.1, 0.15) is 60.9 Å². The molecule has 40 heavy (non-hydrogen) atoms. The Morgan fingerprint density at radius 3 is 2.38 bits per heavy atom. The number of carbonyl (C=O) groups excluding carboxylic acids is 3. The van der Waals surface area contributed by atoms with Gasteiger partial charge in [-0.15, -0.1) is 0 Å². The number of benzene rings is 2. The van der Waals surface area contributed by atoms with Gasteiger partial charge in [-0.3, -0.25) is 14.4 Å². The van der Waals surface area contributed by atoms with Crippen LogP contribution in [0.3, 0.4) is 0 Å². The maximum Gasteiger partial charge on any atom is 0.243 e. The van der Waals surface area contributed by atoms with Gasteiger partial charge in [0.15, 0.2) is 0 Å². The van der Waals surface area contributed by atoms with Gasteiger partial charge in [-0.2, -0.15) is 5.10 Å². The Hall–Kier alpha value is -4.01. The first-order chi connectivity index (χ1) is 19.5. The number of aromatic nitrogens is 3. The molecule has 0 aliphatic carbocycles. The molecule has 2 aromatic carbocycles. The highest BCUT2D eigenvalue weighted by Crippen LogP contribution is 2.23. The van der Waals surface area contributed by atoms with E-state index in [2.05, 4.69) is 10.4 Å². The molecular weight excluding hydrogens is 504 g/mol. The fraction of sp³-hybridized carbons (Fsp3) is 0.452. The maximum absolute atomic E-state index is 13.7. The standard InChI is InChI=1S/C31H38N6O3/c1-23-32-30-26(21-24-11-4-2-5-12-24)33-31(40)27-15-8-9-18-36(27)28(38)16-10-17-35(19-20-37(30)34-23)29(39)22-25-13-6-3-7-14-25/h2-7,11-14,26-27H,8-10,15-22H2,1H3,(H,33,40)/t26-,27+/m1/s1. The van der Waals surface area contributed by atoms with Gasteiger partial charge in [0.05, 0.1) is 19.0 Å². The lowest BCUT2D eigenvalue weighted by molar-refractivity contribution is -0.143. The molecule has 2 aliphatic heterocycles. The Morgan fingerprint density at radius 2 is 1.62 bits per heavy atom. The molecule has 2 aliphatic rings. The minimum atomic E-state index is -0.504. The van der Waals surface area contributed by atoms with Crippen LogP contribution in [0.4, 0.5) is 0 Å². The molecule has 5 rings (SSSR count). The monoisotopic (exact) mass is 542 g/mol. The second-order valence-electron chi connectivity index (χ2n) is 10.7. The summed E-state index contributed by atoms with van der Waals surface area (Å²) in [7, 11) is 0. The summed E-state index contributed by atoms with van der Waals surface area (Å²) < 4.78 is 1.83. The van der Waals surface area contributed by atoms with Crippen molar-refractivity contribution in [3.05, 3.63) is 83.4 Å². The van der Waals surface area contributed by atoms with Gasteiger partial charge in [0, 0.05) is 26.1 Å². The Morgan fingerprint density at radius 1 is 0.900 bits per heavy atom. The summed E-state index contributed by atoms with van der Waals surface area (Å²) in [5.41, 5.74) is 2.03. The fourth-order valence-corrected chi connectivity index (χ4v) is 5.75. The van der Waals surface area contributed by atoms with E-state index in [4.69, 9.17) is 4.98 Å². The van der Waals surface area contributed by atoms with E-state index in [9.17, 15) is 14.4 Å². The average Bonchev–Trinajstić information content (AvgIpc) is 3.35. The number of fused-ring (bicyclic) bond motifs is 2. The number of aryl methyl sites for hydroxylation is 1. The topological polar surface area (TPSA) is 100 Å². The summed E-state index contributed by atoms with van der Waals surface area (Å²) in [5.74, 6) is 1.14. The molecule has 3 heterocycles. The Bertz CT molecular complexity index is 1310. The van der Waals surface area contributed by atoms with Crippen molar-refractivity contribution < 1.29 is 14.4 Å². The zero-order valence-electron chi connectivity index (χ0n) is 23.2. The number of hydrogen-bond acceptors (Lipinski definition) is 5. The van der Waals surface area contributed by atoms with Crippen LogP contribution in [0, 0.1) is 6.92 Å². The van der Waals surface area contributed by atoms with Crippen LogP contribution in [0.5, 0.6) is 0 Å². The second kappa shape index (κ2) is 12.9. The van der Waals surface area contributed by atoms with Gasteiger partial charge in [-0.25, -0.2) is 9.67 Å². The summed E-state index contributed by atoms with van der Waals surface area (Å²) in [5, 5.41) is 7.90. The van der Waals surface area contributed by atoms with E-state index in [1.54, 1.807) is 4.90 Å². The van der Waals surface area contributed by atoms with E-state index in [1.807, 2.05) is 77.2 Å². The van der Waals surface area contributed by atoms with Crippen LogP contribution in [-0.2, 0) is 33.8 Å². The highest BCUT2D eigenvalue weighted by Gasteiger charge is 2.34. The Kier molecular flexibility index (Phi) is 8.88. The van der Waals surface area contributed by atoms with Gasteiger partial charge in [-0.05, 0) is 50.2 Å². The molecule has 1 aromatic heterocycles. The van der Waals surface area contributed by atoms with Crippen LogP contribution >= 0.6 is 0 Å². The van der Waals surface area contributed by atoms with E-state index in [0.29, 0.717) is 69.9 Å². The first-order valence-corrected chi connectivity index (χ1v) is 14.3. The van der Waals surface area contributed by atoms with Crippen LogP contribution in [0.2, 0.25) is 0 Å². The summed E-state index contributed by atoms with van der Waals surface area (Å²) >= 11 is 0. The predicted octanol–water partition coefficient (Wildman–Crippen LogP) is 3.23. The summed E-state index contributed by atoms with van der Waals surface area (Å²) in [6, 6.07) is 18.8. The molecule has 9 nitrogen and oxygen atoms in total. The molecule has 2 atom stereocenters. The quantitative estimate of drug-likeness (QED) is 0.546. The minimum absolute atomic E-state index is 0.0222. The summed E-state index contributed by atoms with van der Waals surface area (Å²) in [4.78, 5) is 48.7. The number of nitrogens with zero attached hydrogens (tertiary/aromatic N) is 5. The van der Waals surface area contributed by atoms with Crippen molar-refractivity contribution in [3.8, 4) is 0 Å². The summed E-state index contributed by atoms with van der Waals surface area (Å²) in [6.45, 7) is 3.77. The smallest absolute Gasteiger partial charge is 0.243 e. The SMILES string of the molecule is Cc1nc2n(n1)CCN(C(=O)Cc1ccccc1)CCCC(=O)N1CCCC[C@H]1C(=O)N[C@@H]2Cc1ccccc1. The maximum atomic E-state index is 13.7. The van der Waals surface area contributed by atoms with Crippen molar-refractivity contribution in [1.29, 1.82) is 0 Å². The first-order valence-electron chi connectivity index (χ1n) is 14.3. The van der Waals surface area contributed by atoms with Crippen LogP contribution in [-0.4, -0.2) is 68.0 Å². The minimum Gasteiger partial charge on any atom is -0.344 e. The number of rotatable bonds is 4. The van der Waals surface area contributed by atoms with Crippen molar-refractivity contribution in [1.82, 2.24) is 29.9 Å². The molecule has 0 bridgehead atoms. The lowest BCUT2D eigenvalue weighted by Crippen LogP contribution is -2.53. The zero-order valence-corrected chi connectivity index (χ0v) is 23.2. The van der Waals surface area contributed by atoms with Gasteiger partial charge >= 0.3 is 0 Å². The number of carbonyl (C=O) groups is 3. The molecule has 1 fully saturated rings. The van der Waals surface area contributed by atoms with Crippen LogP contribution < -0.4 is 5.32 Å². The second-order valence-corrected chi connectivity index (χ2v) is 10.7. The fourth-order valence-electron chi connectivity index (χ4n) is 5.75. The van der Waals surface area contributed by atoms with Gasteiger partial charge < -0.3 is 15.1 Å². The molecule has 210 valence electrons. The molecule has 0 radical (unpaired) electrons. The van der Waals surface area contributed by atoms with Gasteiger partial charge in [0.1, 0.15) is 17.7 Å². The van der Waals surface area contributed by atoms with Crippen molar-refractivity contribution in [2.24, 2.45) is 0 Å². The van der Waals surface area contributed by atoms with E-state index < -0.39 is 12.1 Å². The lowest BCUT2D eigenvalue weighted by Gasteiger charge is -2.36. The largest absolute Gasteiger partial charge is 0.344 e. The normalized spacial score (nSPS) is 20.7. The lowest BCUT2D eigenvalue weighted by atomic mass is 9.99. The molecule has 9 heteroatoms. The van der Waals surface area contributed by atoms with Crippen molar-refractivity contribution in [3.63, 3.8) is 0 Å². The van der Waals surface area contributed by atoms with E-state index >= 15 is 0 Å². The molecule has 0 saturated carbocycles. The van der Waals surface area contributed by atoms with E-state index in [1.165, 1.54) is 0 Å². The number of nitrogens with one attached hydrogen (secondary N) is 1. The van der Waals surface area contributed by atoms with Crippen LogP contribution in [0.25, 0.3) is 0 Å². The van der Waals surface area contributed by atoms with E-state index in [-0.39, 0.29) is 17.7 Å². The average molecular weight is 543 g/mol. The Balaban J connectivity index is 1.46. The molecule has 1 N–H and O–H groups in total. The third kappa shape index (κ3) is 6.76. The van der Waals surface area contributed by atoms with Gasteiger partial charge in [-0.1, -0.05) is 60.7 Å². The molecule has 3 aromatic rings. The number of hydrogen-bond donors (Lipinski definition) is 1. The third-order valence-corrected chi connectivity index (χ3v) is 7.79. The van der Waals surface area contributed by atoms with Crippen molar-refractivity contribution >= 4 is 17.7 Å². The van der Waals surface area contributed by atoms with Gasteiger partial charge in [0.2, 0.25) is 17.7 Å². The van der Waals surface area contributed by atoms with E-state index in [0.717, 1.165) is 24.0 Å². The molecule has 1 saturated heterocycles. The Labute approximate surface area is 235 Å². The zero-order chi connectivity index (χ0) is 27.9. The van der Waals surface area contributed by atoms with Crippen molar-refractivity contribution in [2.45, 2.75) is 70.5 Å². The third-order valence-electron chi connectivity index (χ3n) is 7.79. The molecule has 3 amide bonds. The highest BCUT2D eigenvalue weighted by molar-refractivity contribution is 5.88. The number of amides is 3. The highest BCUT2D eigenvalue weighted by atomic mass is 16.2.